The highest BCUT2D eigenvalue weighted by atomic mass is 16.4. The second-order valence-electron chi connectivity index (χ2n) is 10.5. The van der Waals surface area contributed by atoms with Gasteiger partial charge in [0, 0.05) is 34.4 Å². The van der Waals surface area contributed by atoms with E-state index in [2.05, 4.69) is 79.7 Å². The standard InChI is InChI=1S/C36H44O4/c1-9-21-25(13-5)33-34-26(14-6)22(10-2)31(38-34)19-20-32-24(12-4)28(16-8)36(40-32)35-27(15-7)23(11-3)30(39-35)18-17-29(21)37-33/h17-20H,9-16H2,1-8H3/q+2. The predicted octanol–water partition coefficient (Wildman–Crippen LogP) is 11.5. The van der Waals surface area contributed by atoms with Crippen molar-refractivity contribution >= 4 is 44.6 Å². The van der Waals surface area contributed by atoms with Gasteiger partial charge >= 0.3 is 23.0 Å². The van der Waals surface area contributed by atoms with Crippen molar-refractivity contribution in [1.29, 1.82) is 0 Å². The molecule has 0 amide bonds. The summed E-state index contributed by atoms with van der Waals surface area (Å²) < 4.78 is 26.7. The van der Waals surface area contributed by atoms with E-state index in [4.69, 9.17) is 17.7 Å². The van der Waals surface area contributed by atoms with E-state index in [1.54, 1.807) is 0 Å². The van der Waals surface area contributed by atoms with Crippen molar-refractivity contribution < 1.29 is 17.7 Å². The number of furan rings is 2. The maximum absolute atomic E-state index is 6.68. The van der Waals surface area contributed by atoms with Gasteiger partial charge in [0.05, 0.1) is 22.3 Å². The molecule has 0 spiro atoms. The third-order valence-electron chi connectivity index (χ3n) is 8.60. The molecule has 0 aromatic carbocycles. The molecule has 0 saturated heterocycles. The van der Waals surface area contributed by atoms with Crippen LogP contribution in [-0.4, -0.2) is 0 Å². The third kappa shape index (κ3) is 4.36. The second-order valence-corrected chi connectivity index (χ2v) is 10.5. The van der Waals surface area contributed by atoms with Crippen LogP contribution in [0, 0.1) is 0 Å². The van der Waals surface area contributed by atoms with Crippen LogP contribution < -0.4 is 0 Å². The second kappa shape index (κ2) is 11.6. The van der Waals surface area contributed by atoms with E-state index in [0.717, 1.165) is 96.7 Å². The van der Waals surface area contributed by atoms with Crippen molar-refractivity contribution in [2.45, 2.75) is 107 Å². The van der Waals surface area contributed by atoms with Crippen LogP contribution in [0.15, 0.2) is 41.9 Å². The summed E-state index contributed by atoms with van der Waals surface area (Å²) in [7, 11) is 0. The maximum Gasteiger partial charge on any atom is 0.460 e. The fourth-order valence-electron chi connectivity index (χ4n) is 6.70. The molecule has 5 heterocycles. The van der Waals surface area contributed by atoms with Gasteiger partial charge in [-0.25, -0.2) is 0 Å². The molecule has 0 fully saturated rings. The quantitative estimate of drug-likeness (QED) is 0.267. The van der Waals surface area contributed by atoms with Crippen LogP contribution in [0.25, 0.3) is 44.6 Å². The Bertz CT molecular complexity index is 1550. The van der Waals surface area contributed by atoms with Gasteiger partial charge in [-0.3, -0.25) is 0 Å². The summed E-state index contributed by atoms with van der Waals surface area (Å²) in [6.07, 6.45) is 7.08. The summed E-state index contributed by atoms with van der Waals surface area (Å²) >= 11 is 0. The van der Waals surface area contributed by atoms with Crippen molar-refractivity contribution in [3.8, 4) is 0 Å². The molecule has 4 nitrogen and oxygen atoms in total. The first-order valence-electron chi connectivity index (χ1n) is 15.4. The first-order chi connectivity index (χ1) is 19.5. The fourth-order valence-corrected chi connectivity index (χ4v) is 6.70. The van der Waals surface area contributed by atoms with Gasteiger partial charge in [-0.1, -0.05) is 55.4 Å². The summed E-state index contributed by atoms with van der Waals surface area (Å²) in [6.45, 7) is 17.6. The summed E-state index contributed by atoms with van der Waals surface area (Å²) in [5.74, 6) is 3.50. The van der Waals surface area contributed by atoms with Crippen LogP contribution in [0.3, 0.4) is 0 Å². The van der Waals surface area contributed by atoms with E-state index in [0.29, 0.717) is 0 Å². The SMILES string of the molecule is CCC1=C(CC)c2[o+]c1ccc1oc(c(CC)c1CC)c1oc(ccc3[o+]c2C(CC)=C3CC)c(CC)c1CC. The minimum Gasteiger partial charge on any atom is -0.453 e. The van der Waals surface area contributed by atoms with Gasteiger partial charge in [0.2, 0.25) is 0 Å². The topological polar surface area (TPSA) is 48.9 Å². The molecule has 40 heavy (non-hydrogen) atoms. The van der Waals surface area contributed by atoms with Crippen LogP contribution in [-0.2, 0) is 25.7 Å². The van der Waals surface area contributed by atoms with E-state index in [1.807, 2.05) is 0 Å². The van der Waals surface area contributed by atoms with Gasteiger partial charge in [-0.05, 0) is 63.5 Å². The third-order valence-corrected chi connectivity index (χ3v) is 8.60. The van der Waals surface area contributed by atoms with Gasteiger partial charge in [-0.15, -0.1) is 0 Å². The molecule has 0 radical (unpaired) electrons. The number of allylic oxidation sites excluding steroid dienone is 4. The zero-order valence-corrected chi connectivity index (χ0v) is 25.6. The Labute approximate surface area is 238 Å². The first-order valence-corrected chi connectivity index (χ1v) is 15.4. The highest BCUT2D eigenvalue weighted by molar-refractivity contribution is 5.98. The highest BCUT2D eigenvalue weighted by Gasteiger charge is 2.45. The normalized spacial score (nSPS) is 13.6. The lowest BCUT2D eigenvalue weighted by Gasteiger charge is -1.98. The van der Waals surface area contributed by atoms with Crippen molar-refractivity contribution in [3.05, 3.63) is 69.6 Å². The van der Waals surface area contributed by atoms with Gasteiger partial charge in [0.25, 0.3) is 0 Å². The molecule has 2 aliphatic rings. The molecular weight excluding hydrogens is 496 g/mol. The zero-order chi connectivity index (χ0) is 28.6. The Kier molecular flexibility index (Phi) is 8.16. The minimum absolute atomic E-state index is 0.866. The molecule has 4 heteroatoms. The molecule has 3 aromatic rings. The lowest BCUT2D eigenvalue weighted by Crippen LogP contribution is -1.88. The van der Waals surface area contributed by atoms with E-state index < -0.39 is 0 Å². The molecule has 3 aromatic heterocycles. The monoisotopic (exact) mass is 540 g/mol. The van der Waals surface area contributed by atoms with E-state index >= 15 is 0 Å². The average Bonchev–Trinajstić information content (AvgIpc) is 3.71. The molecule has 0 N–H and O–H groups in total. The predicted molar refractivity (Wildman–Crippen MR) is 167 cm³/mol. The molecule has 0 aliphatic carbocycles. The summed E-state index contributed by atoms with van der Waals surface area (Å²) in [4.78, 5) is 0. The summed E-state index contributed by atoms with van der Waals surface area (Å²) in [5.41, 5.74) is 13.4. The molecule has 210 valence electrons. The lowest BCUT2D eigenvalue weighted by atomic mass is 9.95. The lowest BCUT2D eigenvalue weighted by molar-refractivity contribution is 0.475. The Balaban J connectivity index is 2.03. The Morgan fingerprint density at radius 2 is 0.775 bits per heavy atom. The molecule has 5 rings (SSSR count). The van der Waals surface area contributed by atoms with Crippen molar-refractivity contribution in [2.24, 2.45) is 0 Å². The van der Waals surface area contributed by atoms with Gasteiger partial charge in [0.15, 0.2) is 11.2 Å². The molecule has 2 aliphatic heterocycles. The highest BCUT2D eigenvalue weighted by Crippen LogP contribution is 2.45. The molecule has 0 unspecified atom stereocenters. The Hall–Kier alpha value is -3.40. The molecule has 0 atom stereocenters. The Morgan fingerprint density at radius 3 is 1.07 bits per heavy atom. The van der Waals surface area contributed by atoms with Gasteiger partial charge in [0.1, 0.15) is 11.2 Å². The number of rotatable bonds is 8. The summed E-state index contributed by atoms with van der Waals surface area (Å²) in [6, 6.07) is 8.37. The first kappa shape index (κ1) is 28.1. The average molecular weight is 541 g/mol. The number of hydrogen-bond acceptors (Lipinski definition) is 2. The van der Waals surface area contributed by atoms with E-state index in [9.17, 15) is 0 Å². The number of hydrogen-bond donors (Lipinski definition) is 0. The minimum atomic E-state index is 0.866. The van der Waals surface area contributed by atoms with Crippen LogP contribution in [0.1, 0.15) is 126 Å². The van der Waals surface area contributed by atoms with Crippen LogP contribution in [0.2, 0.25) is 0 Å². The smallest absolute Gasteiger partial charge is 0.453 e. The van der Waals surface area contributed by atoms with Crippen LogP contribution in [0.4, 0.5) is 0 Å². The Morgan fingerprint density at radius 1 is 0.425 bits per heavy atom. The fraction of sp³-hybridized carbons (Fsp3) is 0.444. The number of fused-ring (bicyclic) bond motifs is 10. The molecule has 0 saturated carbocycles. The van der Waals surface area contributed by atoms with Crippen LogP contribution in [0.5, 0.6) is 0 Å². The molecular formula is C36H44O4+2. The van der Waals surface area contributed by atoms with Gasteiger partial charge < -0.3 is 8.83 Å². The zero-order valence-electron chi connectivity index (χ0n) is 25.6. The number of aryl methyl sites for hydroxylation is 4. The van der Waals surface area contributed by atoms with Crippen LogP contribution >= 0.6 is 0 Å². The molecule has 8 bridgehead atoms. The van der Waals surface area contributed by atoms with E-state index in [-0.39, 0.29) is 0 Å². The maximum atomic E-state index is 6.68. The van der Waals surface area contributed by atoms with Gasteiger partial charge in [-0.2, -0.15) is 8.83 Å². The largest absolute Gasteiger partial charge is 0.460 e. The van der Waals surface area contributed by atoms with Crippen molar-refractivity contribution in [3.63, 3.8) is 0 Å². The van der Waals surface area contributed by atoms with E-state index in [1.165, 1.54) is 44.5 Å². The van der Waals surface area contributed by atoms with Crippen molar-refractivity contribution in [2.75, 3.05) is 0 Å². The summed E-state index contributed by atoms with van der Waals surface area (Å²) in [5, 5.41) is 0. The van der Waals surface area contributed by atoms with Crippen molar-refractivity contribution in [1.82, 2.24) is 0 Å².